The van der Waals surface area contributed by atoms with Crippen molar-refractivity contribution in [1.82, 2.24) is 5.32 Å². The van der Waals surface area contributed by atoms with Crippen molar-refractivity contribution in [3.8, 4) is 0 Å². The summed E-state index contributed by atoms with van der Waals surface area (Å²) in [5, 5.41) is 11.6. The number of carboxylic acids is 1. The van der Waals surface area contributed by atoms with E-state index >= 15 is 0 Å². The van der Waals surface area contributed by atoms with E-state index < -0.39 is 29.6 Å². The highest BCUT2D eigenvalue weighted by Gasteiger charge is 2.30. The summed E-state index contributed by atoms with van der Waals surface area (Å²) in [7, 11) is 0. The maximum Gasteiger partial charge on any atom is 0.306 e. The number of halogens is 2. The summed E-state index contributed by atoms with van der Waals surface area (Å²) in [5.74, 6) is -3.19. The highest BCUT2D eigenvalue weighted by Crippen LogP contribution is 2.30. The average molecular weight is 311 g/mol. The third-order valence-corrected chi connectivity index (χ3v) is 4.24. The quantitative estimate of drug-likeness (QED) is 0.898. The fourth-order valence-corrected chi connectivity index (χ4v) is 2.93. The Morgan fingerprint density at radius 2 is 1.64 bits per heavy atom. The zero-order valence-corrected chi connectivity index (χ0v) is 12.3. The third-order valence-electron chi connectivity index (χ3n) is 4.24. The minimum Gasteiger partial charge on any atom is -0.481 e. The molecule has 0 radical (unpaired) electrons. The van der Waals surface area contributed by atoms with Crippen LogP contribution in [0.3, 0.4) is 0 Å². The zero-order chi connectivity index (χ0) is 16.3. The topological polar surface area (TPSA) is 66.4 Å². The van der Waals surface area contributed by atoms with Crippen molar-refractivity contribution in [3.63, 3.8) is 0 Å². The van der Waals surface area contributed by atoms with Gasteiger partial charge in [0.1, 0.15) is 11.6 Å². The maximum atomic E-state index is 13.7. The molecule has 1 aromatic rings. The van der Waals surface area contributed by atoms with Gasteiger partial charge in [0.2, 0.25) is 5.91 Å². The first kappa shape index (κ1) is 16.4. The Labute approximate surface area is 127 Å². The zero-order valence-electron chi connectivity index (χ0n) is 12.3. The molecule has 1 fully saturated rings. The second-order valence-corrected chi connectivity index (χ2v) is 5.75. The number of amides is 1. The Bertz CT molecular complexity index is 548. The van der Waals surface area contributed by atoms with Crippen LogP contribution in [0, 0.1) is 23.5 Å². The first-order valence-electron chi connectivity index (χ1n) is 7.37. The second-order valence-electron chi connectivity index (χ2n) is 5.75. The molecule has 0 heterocycles. The van der Waals surface area contributed by atoms with Crippen molar-refractivity contribution >= 4 is 11.9 Å². The van der Waals surface area contributed by atoms with E-state index in [0.29, 0.717) is 25.7 Å². The van der Waals surface area contributed by atoms with Crippen molar-refractivity contribution < 1.29 is 23.5 Å². The molecule has 0 bridgehead atoms. The molecule has 1 aromatic carbocycles. The molecular formula is C16H19F2NO3. The number of carbonyl (C=O) groups is 2. The number of benzene rings is 1. The van der Waals surface area contributed by atoms with E-state index in [1.807, 2.05) is 0 Å². The Balaban J connectivity index is 1.96. The van der Waals surface area contributed by atoms with E-state index in [0.717, 1.165) is 12.1 Å². The molecule has 4 nitrogen and oxygen atoms in total. The Kier molecular flexibility index (Phi) is 5.11. The normalized spacial score (nSPS) is 22.9. The van der Waals surface area contributed by atoms with Gasteiger partial charge in [-0.2, -0.15) is 0 Å². The lowest BCUT2D eigenvalue weighted by Crippen LogP contribution is -2.36. The molecular weight excluding hydrogens is 292 g/mol. The van der Waals surface area contributed by atoms with Crippen LogP contribution < -0.4 is 5.32 Å². The van der Waals surface area contributed by atoms with Gasteiger partial charge in [-0.25, -0.2) is 8.78 Å². The lowest BCUT2D eigenvalue weighted by Gasteiger charge is -2.26. The molecule has 120 valence electrons. The van der Waals surface area contributed by atoms with E-state index in [1.165, 1.54) is 13.0 Å². The van der Waals surface area contributed by atoms with Crippen LogP contribution in [0.1, 0.15) is 44.2 Å². The van der Waals surface area contributed by atoms with Crippen LogP contribution in [0.25, 0.3) is 0 Å². The molecule has 2 rings (SSSR count). The molecule has 1 saturated carbocycles. The summed E-state index contributed by atoms with van der Waals surface area (Å²) < 4.78 is 27.4. The van der Waals surface area contributed by atoms with Gasteiger partial charge < -0.3 is 10.4 Å². The van der Waals surface area contributed by atoms with Crippen molar-refractivity contribution in [2.75, 3.05) is 0 Å². The van der Waals surface area contributed by atoms with Crippen LogP contribution >= 0.6 is 0 Å². The molecule has 0 aliphatic heterocycles. The highest BCUT2D eigenvalue weighted by molar-refractivity contribution is 5.79. The van der Waals surface area contributed by atoms with Crippen LogP contribution in [-0.2, 0) is 9.59 Å². The van der Waals surface area contributed by atoms with Crippen LogP contribution in [-0.4, -0.2) is 17.0 Å². The Hall–Kier alpha value is -1.98. The lowest BCUT2D eigenvalue weighted by atomic mass is 9.81. The van der Waals surface area contributed by atoms with Gasteiger partial charge in [0, 0.05) is 11.5 Å². The molecule has 2 N–H and O–H groups in total. The molecule has 1 unspecified atom stereocenters. The minimum atomic E-state index is -0.833. The number of rotatable bonds is 4. The molecule has 0 aromatic heterocycles. The molecule has 0 saturated heterocycles. The fraction of sp³-hybridized carbons (Fsp3) is 0.500. The average Bonchev–Trinajstić information content (AvgIpc) is 2.47. The first-order chi connectivity index (χ1) is 10.4. The van der Waals surface area contributed by atoms with Gasteiger partial charge in [0.15, 0.2) is 0 Å². The van der Waals surface area contributed by atoms with Gasteiger partial charge in [-0.15, -0.1) is 0 Å². The van der Waals surface area contributed by atoms with Crippen LogP contribution in [0.4, 0.5) is 8.78 Å². The summed E-state index contributed by atoms with van der Waals surface area (Å²) in [5.41, 5.74) is -0.157. The van der Waals surface area contributed by atoms with Crippen molar-refractivity contribution in [1.29, 1.82) is 0 Å². The van der Waals surface area contributed by atoms with E-state index in [4.69, 9.17) is 5.11 Å². The number of aliphatic carboxylic acids is 1. The molecule has 1 aliphatic rings. The lowest BCUT2D eigenvalue weighted by molar-refractivity contribution is -0.144. The summed E-state index contributed by atoms with van der Waals surface area (Å²) in [6.45, 7) is 1.53. The highest BCUT2D eigenvalue weighted by atomic mass is 19.1. The van der Waals surface area contributed by atoms with E-state index in [9.17, 15) is 18.4 Å². The van der Waals surface area contributed by atoms with Gasteiger partial charge in [-0.3, -0.25) is 9.59 Å². The van der Waals surface area contributed by atoms with E-state index in [-0.39, 0.29) is 17.4 Å². The number of hydrogen-bond donors (Lipinski definition) is 2. The summed E-state index contributed by atoms with van der Waals surface area (Å²) in [4.78, 5) is 23.1. The fourth-order valence-electron chi connectivity index (χ4n) is 2.93. The van der Waals surface area contributed by atoms with Crippen molar-refractivity contribution in [3.05, 3.63) is 35.4 Å². The number of carboxylic acid groups (broad SMARTS) is 1. The molecule has 0 spiro atoms. The Morgan fingerprint density at radius 1 is 1.14 bits per heavy atom. The van der Waals surface area contributed by atoms with E-state index in [1.54, 1.807) is 0 Å². The molecule has 6 heteroatoms. The first-order valence-corrected chi connectivity index (χ1v) is 7.37. The third kappa shape index (κ3) is 3.61. The SMILES string of the molecule is CC(NC(=O)C1CCC(C(=O)O)CC1)c1c(F)cccc1F. The number of nitrogens with one attached hydrogen (secondary N) is 1. The molecule has 1 atom stereocenters. The monoisotopic (exact) mass is 311 g/mol. The summed E-state index contributed by atoms with van der Waals surface area (Å²) in [6, 6.07) is 2.81. The molecule has 1 amide bonds. The van der Waals surface area contributed by atoms with Crippen LogP contribution in [0.15, 0.2) is 18.2 Å². The van der Waals surface area contributed by atoms with Gasteiger partial charge >= 0.3 is 5.97 Å². The van der Waals surface area contributed by atoms with Crippen molar-refractivity contribution in [2.45, 2.75) is 38.6 Å². The maximum absolute atomic E-state index is 13.7. The number of hydrogen-bond acceptors (Lipinski definition) is 2. The second kappa shape index (κ2) is 6.85. The summed E-state index contributed by atoms with van der Waals surface area (Å²) in [6.07, 6.45) is 1.87. The van der Waals surface area contributed by atoms with Gasteiger partial charge in [-0.05, 0) is 44.7 Å². The largest absolute Gasteiger partial charge is 0.481 e. The summed E-state index contributed by atoms with van der Waals surface area (Å²) >= 11 is 0. The van der Waals surface area contributed by atoms with Crippen LogP contribution in [0.2, 0.25) is 0 Å². The van der Waals surface area contributed by atoms with Crippen molar-refractivity contribution in [2.24, 2.45) is 11.8 Å². The van der Waals surface area contributed by atoms with Crippen LogP contribution in [0.5, 0.6) is 0 Å². The molecule has 22 heavy (non-hydrogen) atoms. The Morgan fingerprint density at radius 3 is 2.14 bits per heavy atom. The van der Waals surface area contributed by atoms with E-state index in [2.05, 4.69) is 5.32 Å². The van der Waals surface area contributed by atoms with Gasteiger partial charge in [-0.1, -0.05) is 6.07 Å². The predicted molar refractivity (Wildman–Crippen MR) is 76.0 cm³/mol. The predicted octanol–water partition coefficient (Wildman–Crippen LogP) is 3.03. The number of carbonyl (C=O) groups excluding carboxylic acids is 1. The standard InChI is InChI=1S/C16H19F2NO3/c1-9(14-12(17)3-2-4-13(14)18)19-15(20)10-5-7-11(8-6-10)16(21)22/h2-4,9-11H,5-8H2,1H3,(H,19,20)(H,21,22). The van der Waals surface area contributed by atoms with Gasteiger partial charge in [0.05, 0.1) is 12.0 Å². The van der Waals surface area contributed by atoms with Gasteiger partial charge in [0.25, 0.3) is 0 Å². The molecule has 1 aliphatic carbocycles. The minimum absolute atomic E-state index is 0.157. The smallest absolute Gasteiger partial charge is 0.306 e.